The summed E-state index contributed by atoms with van der Waals surface area (Å²) >= 11 is 0. The van der Waals surface area contributed by atoms with Crippen LogP contribution in [0.25, 0.3) is 0 Å². The van der Waals surface area contributed by atoms with Crippen molar-refractivity contribution in [3.05, 3.63) is 11.9 Å². The summed E-state index contributed by atoms with van der Waals surface area (Å²) in [5, 5.41) is 3.30. The fourth-order valence-electron chi connectivity index (χ4n) is 2.98. The van der Waals surface area contributed by atoms with Crippen LogP contribution in [0, 0.1) is 12.8 Å². The molecule has 1 aromatic rings. The van der Waals surface area contributed by atoms with Crippen LogP contribution in [0.5, 0.6) is 0 Å². The van der Waals surface area contributed by atoms with E-state index >= 15 is 0 Å². The van der Waals surface area contributed by atoms with E-state index in [0.717, 1.165) is 37.3 Å². The highest BCUT2D eigenvalue weighted by molar-refractivity contribution is 5.35. The minimum Gasteiger partial charge on any atom is -0.342 e. The second-order valence-corrected chi connectivity index (χ2v) is 5.81. The Morgan fingerprint density at radius 2 is 2.00 bits per heavy atom. The van der Waals surface area contributed by atoms with Gasteiger partial charge in [-0.05, 0) is 52.1 Å². The monoisotopic (exact) mass is 248 g/mol. The Morgan fingerprint density at radius 1 is 1.28 bits per heavy atom. The molecule has 1 aromatic heterocycles. The van der Waals surface area contributed by atoms with Crippen LogP contribution in [0.1, 0.15) is 37.4 Å². The minimum atomic E-state index is 0.733. The lowest BCUT2D eigenvalue weighted by Gasteiger charge is -2.33. The zero-order chi connectivity index (χ0) is 12.5. The Bertz CT molecular complexity index is 400. The largest absolute Gasteiger partial charge is 0.342 e. The van der Waals surface area contributed by atoms with Gasteiger partial charge in [-0.15, -0.1) is 0 Å². The number of rotatable bonds is 4. The van der Waals surface area contributed by atoms with E-state index in [-0.39, 0.29) is 0 Å². The highest BCUT2D eigenvalue weighted by atomic mass is 15.3. The fourth-order valence-corrected chi connectivity index (χ4v) is 2.98. The molecular weight excluding hydrogens is 224 g/mol. The van der Waals surface area contributed by atoms with Gasteiger partial charge in [0.15, 0.2) is 0 Å². The topological polar surface area (TPSA) is 33.1 Å². The molecule has 4 heteroatoms. The van der Waals surface area contributed by atoms with Crippen molar-refractivity contribution >= 4 is 5.95 Å². The summed E-state index contributed by atoms with van der Waals surface area (Å²) < 4.78 is 2.41. The lowest BCUT2D eigenvalue weighted by Crippen LogP contribution is -2.38. The van der Waals surface area contributed by atoms with Crippen LogP contribution in [0.3, 0.4) is 0 Å². The number of imidazole rings is 1. The van der Waals surface area contributed by atoms with E-state index in [4.69, 9.17) is 4.98 Å². The van der Waals surface area contributed by atoms with Crippen molar-refractivity contribution in [3.8, 4) is 0 Å². The molecule has 1 N–H and O–H groups in total. The van der Waals surface area contributed by atoms with E-state index < -0.39 is 0 Å². The number of anilines is 1. The average Bonchev–Trinajstić information content (AvgIpc) is 3.14. The third-order valence-electron chi connectivity index (χ3n) is 4.16. The van der Waals surface area contributed by atoms with Gasteiger partial charge in [0.1, 0.15) is 0 Å². The fraction of sp³-hybridized carbons (Fsp3) is 0.786. The van der Waals surface area contributed by atoms with Gasteiger partial charge in [0.25, 0.3) is 0 Å². The van der Waals surface area contributed by atoms with Crippen molar-refractivity contribution in [1.82, 2.24) is 14.9 Å². The molecule has 1 saturated heterocycles. The Balaban J connectivity index is 1.68. The van der Waals surface area contributed by atoms with Crippen molar-refractivity contribution in [2.75, 3.05) is 31.6 Å². The standard InChI is InChI=1S/C14H24N4/c1-11-10-18(13-3-4-13)14(16-11)17-7-5-12(6-8-17)9-15-2/h10,12-13,15H,3-9H2,1-2H3. The first-order chi connectivity index (χ1) is 8.78. The first-order valence-corrected chi connectivity index (χ1v) is 7.23. The molecule has 2 heterocycles. The molecule has 3 rings (SSSR count). The van der Waals surface area contributed by atoms with Crippen molar-refractivity contribution in [2.24, 2.45) is 5.92 Å². The molecule has 2 fully saturated rings. The lowest BCUT2D eigenvalue weighted by molar-refractivity contribution is 0.388. The average molecular weight is 248 g/mol. The van der Waals surface area contributed by atoms with Crippen LogP contribution in [-0.2, 0) is 0 Å². The normalized spacial score (nSPS) is 21.6. The van der Waals surface area contributed by atoms with Gasteiger partial charge in [0.05, 0.1) is 5.69 Å². The van der Waals surface area contributed by atoms with Gasteiger partial charge in [0.2, 0.25) is 5.95 Å². The summed E-state index contributed by atoms with van der Waals surface area (Å²) in [5.74, 6) is 2.06. The molecule has 0 atom stereocenters. The summed E-state index contributed by atoms with van der Waals surface area (Å²) in [6.45, 7) is 5.59. The molecule has 1 saturated carbocycles. The summed E-state index contributed by atoms with van der Waals surface area (Å²) in [4.78, 5) is 7.22. The van der Waals surface area contributed by atoms with E-state index in [1.54, 1.807) is 0 Å². The van der Waals surface area contributed by atoms with Crippen LogP contribution < -0.4 is 10.2 Å². The Hall–Kier alpha value is -1.03. The molecule has 2 aliphatic rings. The van der Waals surface area contributed by atoms with E-state index in [1.807, 2.05) is 0 Å². The molecule has 1 aliphatic carbocycles. The highest BCUT2D eigenvalue weighted by Crippen LogP contribution is 2.38. The molecule has 0 amide bonds. The van der Waals surface area contributed by atoms with Crippen LogP contribution in [0.15, 0.2) is 6.20 Å². The van der Waals surface area contributed by atoms with E-state index in [9.17, 15) is 0 Å². The number of hydrogen-bond acceptors (Lipinski definition) is 3. The summed E-state index contributed by atoms with van der Waals surface area (Å²) in [6.07, 6.45) is 7.47. The van der Waals surface area contributed by atoms with E-state index in [0.29, 0.717) is 0 Å². The van der Waals surface area contributed by atoms with Gasteiger partial charge in [0, 0.05) is 25.3 Å². The predicted molar refractivity (Wildman–Crippen MR) is 74.1 cm³/mol. The summed E-state index contributed by atoms with van der Waals surface area (Å²) in [7, 11) is 2.05. The highest BCUT2D eigenvalue weighted by Gasteiger charge is 2.29. The first kappa shape index (κ1) is 12.0. The van der Waals surface area contributed by atoms with Gasteiger partial charge in [-0.3, -0.25) is 0 Å². The molecule has 0 spiro atoms. The third kappa shape index (κ3) is 2.39. The van der Waals surface area contributed by atoms with E-state index in [2.05, 4.69) is 35.0 Å². The molecule has 0 unspecified atom stereocenters. The molecular formula is C14H24N4. The zero-order valence-corrected chi connectivity index (χ0v) is 11.5. The van der Waals surface area contributed by atoms with Crippen molar-refractivity contribution in [1.29, 1.82) is 0 Å². The molecule has 0 aromatic carbocycles. The smallest absolute Gasteiger partial charge is 0.205 e. The molecule has 1 aliphatic heterocycles. The predicted octanol–water partition coefficient (Wildman–Crippen LogP) is 1.96. The van der Waals surface area contributed by atoms with Gasteiger partial charge >= 0.3 is 0 Å². The maximum absolute atomic E-state index is 4.74. The number of hydrogen-bond donors (Lipinski definition) is 1. The number of aromatic nitrogens is 2. The van der Waals surface area contributed by atoms with Gasteiger partial charge in [-0.1, -0.05) is 0 Å². The Kier molecular flexibility index (Phi) is 3.29. The van der Waals surface area contributed by atoms with Gasteiger partial charge in [-0.25, -0.2) is 4.98 Å². The first-order valence-electron chi connectivity index (χ1n) is 7.23. The molecule has 18 heavy (non-hydrogen) atoms. The van der Waals surface area contributed by atoms with Crippen molar-refractivity contribution < 1.29 is 0 Å². The molecule has 0 bridgehead atoms. The molecule has 4 nitrogen and oxygen atoms in total. The van der Waals surface area contributed by atoms with Crippen LogP contribution in [0.2, 0.25) is 0 Å². The number of nitrogens with zero attached hydrogens (tertiary/aromatic N) is 3. The van der Waals surface area contributed by atoms with Crippen molar-refractivity contribution in [3.63, 3.8) is 0 Å². The Morgan fingerprint density at radius 3 is 2.61 bits per heavy atom. The number of aryl methyl sites for hydroxylation is 1. The van der Waals surface area contributed by atoms with Crippen LogP contribution in [0.4, 0.5) is 5.95 Å². The Labute approximate surface area is 109 Å². The second kappa shape index (κ2) is 4.92. The maximum Gasteiger partial charge on any atom is 0.205 e. The summed E-state index contributed by atoms with van der Waals surface area (Å²) in [6, 6.07) is 0.733. The second-order valence-electron chi connectivity index (χ2n) is 5.81. The summed E-state index contributed by atoms with van der Waals surface area (Å²) in [5.41, 5.74) is 1.16. The number of piperidine rings is 1. The SMILES string of the molecule is CNCC1CCN(c2nc(C)cn2C2CC2)CC1. The van der Waals surface area contributed by atoms with Crippen LogP contribution >= 0.6 is 0 Å². The number of nitrogens with one attached hydrogen (secondary N) is 1. The van der Waals surface area contributed by atoms with Crippen molar-refractivity contribution in [2.45, 2.75) is 38.6 Å². The lowest BCUT2D eigenvalue weighted by atomic mass is 9.97. The molecule has 0 radical (unpaired) electrons. The molecule has 100 valence electrons. The maximum atomic E-state index is 4.74. The zero-order valence-electron chi connectivity index (χ0n) is 11.5. The quantitative estimate of drug-likeness (QED) is 0.884. The minimum absolute atomic E-state index is 0.733. The third-order valence-corrected chi connectivity index (χ3v) is 4.16. The van der Waals surface area contributed by atoms with Crippen LogP contribution in [-0.4, -0.2) is 36.2 Å². The van der Waals surface area contributed by atoms with Gasteiger partial charge in [-0.2, -0.15) is 0 Å². The van der Waals surface area contributed by atoms with E-state index in [1.165, 1.54) is 31.6 Å². The van der Waals surface area contributed by atoms with Gasteiger partial charge < -0.3 is 14.8 Å².